The number of fused-ring (bicyclic) bond motifs is 8. The Morgan fingerprint density at radius 2 is 0.896 bits per heavy atom. The number of hydrogen-bond acceptors (Lipinski definition) is 5. The maximum absolute atomic E-state index is 11.1. The number of nitrogens with zero attached hydrogens (tertiary/aromatic N) is 1. The zero-order valence-corrected chi connectivity index (χ0v) is 26.4. The van der Waals surface area contributed by atoms with E-state index in [1.54, 1.807) is 6.92 Å². The minimum Gasteiger partial charge on any atom is -0.504 e. The number of aliphatic imine (C=N–C) groups is 1. The molecular weight excluding hydrogens is 594 g/mol. The lowest BCUT2D eigenvalue weighted by molar-refractivity contribution is 0.345. The van der Waals surface area contributed by atoms with Gasteiger partial charge in [0.15, 0.2) is 11.5 Å². The van der Waals surface area contributed by atoms with Crippen LogP contribution in [0.1, 0.15) is 23.6 Å². The van der Waals surface area contributed by atoms with Gasteiger partial charge in [-0.25, -0.2) is 0 Å². The molecule has 0 aliphatic heterocycles. The Labute approximate surface area is 276 Å². The molecule has 0 saturated heterocycles. The van der Waals surface area contributed by atoms with E-state index in [4.69, 9.17) is 4.99 Å². The lowest BCUT2D eigenvalue weighted by Gasteiger charge is -2.20. The van der Waals surface area contributed by atoms with Gasteiger partial charge < -0.3 is 20.4 Å². The van der Waals surface area contributed by atoms with Crippen molar-refractivity contribution in [2.24, 2.45) is 4.99 Å². The second kappa shape index (κ2) is 10.9. The maximum atomic E-state index is 11.1. The van der Waals surface area contributed by atoms with E-state index in [9.17, 15) is 20.4 Å². The van der Waals surface area contributed by atoms with E-state index in [1.165, 1.54) is 26.9 Å². The summed E-state index contributed by atoms with van der Waals surface area (Å²) in [4.78, 5) is 5.10. The molecule has 0 aliphatic carbocycles. The monoisotopic (exact) mass is 625 g/mol. The molecule has 0 heterocycles. The molecule has 0 radical (unpaired) electrons. The molecule has 0 fully saturated rings. The fourth-order valence-corrected chi connectivity index (χ4v) is 7.32. The third-order valence-electron chi connectivity index (χ3n) is 9.56. The molecule has 0 saturated carbocycles. The first-order valence-corrected chi connectivity index (χ1v) is 15.7. The van der Waals surface area contributed by atoms with Crippen molar-refractivity contribution < 1.29 is 20.4 Å². The highest BCUT2D eigenvalue weighted by atomic mass is 16.3. The van der Waals surface area contributed by atoms with Crippen molar-refractivity contribution >= 4 is 65.3 Å². The molecule has 0 aromatic heterocycles. The minimum atomic E-state index is -0.768. The van der Waals surface area contributed by atoms with Crippen molar-refractivity contribution in [2.75, 3.05) is 0 Å². The van der Waals surface area contributed by atoms with Gasteiger partial charge >= 0.3 is 0 Å². The van der Waals surface area contributed by atoms with Crippen LogP contribution in [0.15, 0.2) is 127 Å². The van der Waals surface area contributed by atoms with E-state index >= 15 is 0 Å². The van der Waals surface area contributed by atoms with Crippen LogP contribution in [-0.2, 0) is 0 Å². The highest BCUT2D eigenvalue weighted by Gasteiger charge is 2.26. The molecule has 0 bridgehead atoms. The summed E-state index contributed by atoms with van der Waals surface area (Å²) in [6, 6.07) is 39.0. The minimum absolute atomic E-state index is 0.247. The van der Waals surface area contributed by atoms with E-state index in [0.29, 0.717) is 11.3 Å². The molecule has 0 aliphatic rings. The molecule has 0 unspecified atom stereocenters. The van der Waals surface area contributed by atoms with Crippen LogP contribution >= 0.6 is 0 Å². The van der Waals surface area contributed by atoms with Gasteiger partial charge in [-0.2, -0.15) is 0 Å². The molecule has 0 amide bonds. The first-order valence-electron chi connectivity index (χ1n) is 15.7. The molecule has 8 aromatic carbocycles. The third-order valence-corrected chi connectivity index (χ3v) is 9.56. The Hall–Kier alpha value is -6.33. The molecule has 5 nitrogen and oxygen atoms in total. The average Bonchev–Trinajstić information content (AvgIpc) is 3.12. The molecule has 8 aromatic rings. The van der Waals surface area contributed by atoms with Gasteiger partial charge in [0, 0.05) is 33.5 Å². The van der Waals surface area contributed by atoms with Crippen molar-refractivity contribution in [3.05, 3.63) is 139 Å². The summed E-state index contributed by atoms with van der Waals surface area (Å²) >= 11 is 0. The topological polar surface area (TPSA) is 93.3 Å². The van der Waals surface area contributed by atoms with E-state index in [2.05, 4.69) is 73.3 Å². The third kappa shape index (κ3) is 4.21. The molecule has 232 valence electrons. The Balaban J connectivity index is 1.34. The number of phenolic OH excluding ortho intramolecular Hbond substituents is 4. The summed E-state index contributed by atoms with van der Waals surface area (Å²) in [5.41, 5.74) is 4.35. The molecule has 0 atom stereocenters. The Bertz CT molecular complexity index is 2580. The predicted molar refractivity (Wildman–Crippen MR) is 198 cm³/mol. The maximum Gasteiger partial charge on any atom is 0.204 e. The predicted octanol–water partition coefficient (Wildman–Crippen LogP) is 10.7. The summed E-state index contributed by atoms with van der Waals surface area (Å²) in [5.74, 6) is -2.50. The van der Waals surface area contributed by atoms with Crippen molar-refractivity contribution in [3.63, 3.8) is 0 Å². The van der Waals surface area contributed by atoms with Crippen molar-refractivity contribution in [3.8, 4) is 34.1 Å². The molecular formula is C43H31NO4. The molecule has 0 spiro atoms. The lowest BCUT2D eigenvalue weighted by atomic mass is 9.85. The fraction of sp³-hybridized carbons (Fsp3) is 0.0465. The quantitative estimate of drug-likeness (QED) is 0.0515. The van der Waals surface area contributed by atoms with E-state index in [1.807, 2.05) is 55.5 Å². The van der Waals surface area contributed by atoms with Crippen molar-refractivity contribution in [2.45, 2.75) is 13.8 Å². The van der Waals surface area contributed by atoms with Gasteiger partial charge in [0.25, 0.3) is 0 Å². The van der Waals surface area contributed by atoms with Crippen LogP contribution in [0, 0.1) is 6.92 Å². The normalized spacial score (nSPS) is 12.1. The van der Waals surface area contributed by atoms with Crippen LogP contribution in [-0.4, -0.2) is 26.1 Å². The SMILES string of the molecule is C=C(N=C(C)c1c2ccccc2c(-c2c(C)c(O)c(O)c(O)c2O)c2ccccc12)c1ccc2c3ccccc3c3ccccc3c2c1. The molecule has 48 heavy (non-hydrogen) atoms. The number of rotatable bonds is 4. The summed E-state index contributed by atoms with van der Waals surface area (Å²) in [6.07, 6.45) is 0. The Morgan fingerprint density at radius 3 is 1.42 bits per heavy atom. The molecule has 5 heteroatoms. The van der Waals surface area contributed by atoms with Crippen molar-refractivity contribution in [1.29, 1.82) is 0 Å². The number of hydrogen-bond donors (Lipinski definition) is 4. The van der Waals surface area contributed by atoms with Gasteiger partial charge in [-0.15, -0.1) is 0 Å². The molecule has 8 rings (SSSR count). The van der Waals surface area contributed by atoms with Gasteiger partial charge in [-0.3, -0.25) is 4.99 Å². The van der Waals surface area contributed by atoms with E-state index in [-0.39, 0.29) is 11.1 Å². The van der Waals surface area contributed by atoms with Crippen LogP contribution in [0.5, 0.6) is 23.0 Å². The van der Waals surface area contributed by atoms with Crippen LogP contribution < -0.4 is 0 Å². The Morgan fingerprint density at radius 1 is 0.479 bits per heavy atom. The second-order valence-electron chi connectivity index (χ2n) is 12.2. The highest BCUT2D eigenvalue weighted by molar-refractivity contribution is 6.27. The van der Waals surface area contributed by atoms with Gasteiger partial charge in [-0.05, 0) is 73.8 Å². The van der Waals surface area contributed by atoms with Crippen LogP contribution in [0.25, 0.3) is 70.7 Å². The van der Waals surface area contributed by atoms with Gasteiger partial charge in [-0.1, -0.05) is 116 Å². The summed E-state index contributed by atoms with van der Waals surface area (Å²) < 4.78 is 0. The summed E-state index contributed by atoms with van der Waals surface area (Å²) in [6.45, 7) is 8.00. The highest BCUT2D eigenvalue weighted by Crippen LogP contribution is 2.53. The zero-order valence-electron chi connectivity index (χ0n) is 26.4. The first kappa shape index (κ1) is 29.1. The van der Waals surface area contributed by atoms with Gasteiger partial charge in [0.1, 0.15) is 0 Å². The standard InChI is InChI=1S/C43H31NO4/c1-23-37(41(46)43(48)42(47)40(23)45)39-34-18-10-8-16-32(34)38(33-17-9-11-19-35(33)39)25(3)44-24(2)26-20-21-31-29-14-5-4-12-27(29)28-13-6-7-15-30(28)36(31)22-26/h4-22,45-48H,2H2,1,3H3. The van der Waals surface area contributed by atoms with E-state index < -0.39 is 23.0 Å². The van der Waals surface area contributed by atoms with Gasteiger partial charge in [0.05, 0.1) is 5.70 Å². The van der Waals surface area contributed by atoms with Crippen LogP contribution in [0.3, 0.4) is 0 Å². The fourth-order valence-electron chi connectivity index (χ4n) is 7.32. The molecule has 4 N–H and O–H groups in total. The number of aromatic hydroxyl groups is 4. The van der Waals surface area contributed by atoms with Crippen LogP contribution in [0.4, 0.5) is 0 Å². The number of phenols is 4. The zero-order chi connectivity index (χ0) is 33.3. The van der Waals surface area contributed by atoms with Crippen LogP contribution in [0.2, 0.25) is 0 Å². The first-order chi connectivity index (χ1) is 23.3. The smallest absolute Gasteiger partial charge is 0.204 e. The lowest BCUT2D eigenvalue weighted by Crippen LogP contribution is -2.01. The largest absolute Gasteiger partial charge is 0.504 e. The van der Waals surface area contributed by atoms with E-state index in [0.717, 1.165) is 43.8 Å². The van der Waals surface area contributed by atoms with Crippen molar-refractivity contribution in [1.82, 2.24) is 0 Å². The number of benzene rings is 8. The summed E-state index contributed by atoms with van der Waals surface area (Å²) in [7, 11) is 0. The second-order valence-corrected chi connectivity index (χ2v) is 12.2. The average molecular weight is 626 g/mol. The summed E-state index contributed by atoms with van der Waals surface area (Å²) in [5, 5.41) is 53.0. The Kier molecular flexibility index (Phi) is 6.60. The van der Waals surface area contributed by atoms with Gasteiger partial charge in [0.2, 0.25) is 11.5 Å².